The number of imidazole rings is 1. The largest absolute Gasteiger partial charge is 0.493 e. The van der Waals surface area contributed by atoms with Gasteiger partial charge in [0.2, 0.25) is 0 Å². The van der Waals surface area contributed by atoms with Crippen LogP contribution in [0.4, 0.5) is 0 Å². The number of benzene rings is 2. The van der Waals surface area contributed by atoms with E-state index in [1.54, 1.807) is 7.11 Å². The molecule has 30 heavy (non-hydrogen) atoms. The van der Waals surface area contributed by atoms with Crippen LogP contribution in [0.15, 0.2) is 55.1 Å². The van der Waals surface area contributed by atoms with E-state index in [9.17, 15) is 0 Å². The van der Waals surface area contributed by atoms with Crippen molar-refractivity contribution < 1.29 is 14.2 Å². The minimum Gasteiger partial charge on any atom is -0.493 e. The Morgan fingerprint density at radius 2 is 1.97 bits per heavy atom. The van der Waals surface area contributed by atoms with Crippen molar-refractivity contribution in [2.45, 2.75) is 19.5 Å². The standard InChI is InChI=1S/C24H29N3O3/c1-3-6-19-9-10-22(23(17-19)28-2)30-16-13-27-21-8-5-4-7-20(21)25-24(27)18-26-11-14-29-15-12-26/h3-5,7-10,17H,1,6,11-16,18H2,2H3. The van der Waals surface area contributed by atoms with Crippen molar-refractivity contribution >= 4 is 11.0 Å². The van der Waals surface area contributed by atoms with E-state index < -0.39 is 0 Å². The monoisotopic (exact) mass is 407 g/mol. The van der Waals surface area contributed by atoms with Gasteiger partial charge in [0.25, 0.3) is 0 Å². The molecule has 6 nitrogen and oxygen atoms in total. The first-order chi connectivity index (χ1) is 14.8. The van der Waals surface area contributed by atoms with E-state index in [0.717, 1.165) is 79.7 Å². The summed E-state index contributed by atoms with van der Waals surface area (Å²) in [6.07, 6.45) is 2.69. The van der Waals surface area contributed by atoms with Gasteiger partial charge in [-0.2, -0.15) is 0 Å². The molecular weight excluding hydrogens is 378 g/mol. The predicted molar refractivity (Wildman–Crippen MR) is 118 cm³/mol. The molecule has 1 aliphatic heterocycles. The van der Waals surface area contributed by atoms with Gasteiger partial charge < -0.3 is 18.8 Å². The number of rotatable bonds is 9. The summed E-state index contributed by atoms with van der Waals surface area (Å²) >= 11 is 0. The van der Waals surface area contributed by atoms with Crippen LogP contribution in [0.25, 0.3) is 11.0 Å². The van der Waals surface area contributed by atoms with Crippen LogP contribution in [-0.2, 0) is 24.2 Å². The number of hydrogen-bond donors (Lipinski definition) is 0. The third-order valence-electron chi connectivity index (χ3n) is 5.38. The van der Waals surface area contributed by atoms with Crippen molar-refractivity contribution in [3.8, 4) is 11.5 Å². The van der Waals surface area contributed by atoms with Gasteiger partial charge in [0, 0.05) is 13.1 Å². The van der Waals surface area contributed by atoms with Crippen molar-refractivity contribution in [1.29, 1.82) is 0 Å². The van der Waals surface area contributed by atoms with Crippen LogP contribution in [0.3, 0.4) is 0 Å². The summed E-state index contributed by atoms with van der Waals surface area (Å²) in [7, 11) is 1.67. The van der Waals surface area contributed by atoms with Gasteiger partial charge >= 0.3 is 0 Å². The maximum atomic E-state index is 6.10. The Balaban J connectivity index is 1.49. The Labute approximate surface area is 177 Å². The van der Waals surface area contributed by atoms with Crippen LogP contribution in [0, 0.1) is 0 Å². The molecule has 2 heterocycles. The van der Waals surface area contributed by atoms with E-state index in [4.69, 9.17) is 19.2 Å². The molecule has 3 aromatic rings. The van der Waals surface area contributed by atoms with E-state index in [1.807, 2.05) is 24.3 Å². The molecule has 0 unspecified atom stereocenters. The van der Waals surface area contributed by atoms with E-state index in [1.165, 1.54) is 0 Å². The van der Waals surface area contributed by atoms with Crippen molar-refractivity contribution in [3.05, 3.63) is 66.5 Å². The SMILES string of the molecule is C=CCc1ccc(OCCn2c(CN3CCOCC3)nc3ccccc32)c(OC)c1. The smallest absolute Gasteiger partial charge is 0.161 e. The van der Waals surface area contributed by atoms with Crippen LogP contribution in [-0.4, -0.2) is 54.5 Å². The molecule has 1 saturated heterocycles. The number of allylic oxidation sites excluding steroid dienone is 1. The fraction of sp³-hybridized carbons (Fsp3) is 0.375. The van der Waals surface area contributed by atoms with E-state index in [0.29, 0.717) is 6.61 Å². The summed E-state index contributed by atoms with van der Waals surface area (Å²) in [6.45, 7) is 9.31. The van der Waals surface area contributed by atoms with Crippen LogP contribution in [0.5, 0.6) is 11.5 Å². The minimum atomic E-state index is 0.535. The number of methoxy groups -OCH3 is 1. The Hall–Kier alpha value is -2.83. The molecule has 1 aromatic heterocycles. The number of hydrogen-bond acceptors (Lipinski definition) is 5. The zero-order chi connectivity index (χ0) is 20.8. The van der Waals surface area contributed by atoms with Crippen LogP contribution in [0.2, 0.25) is 0 Å². The molecule has 0 atom stereocenters. The summed E-state index contributed by atoms with van der Waals surface area (Å²) in [5.74, 6) is 2.57. The summed E-state index contributed by atoms with van der Waals surface area (Å²) in [5.41, 5.74) is 3.31. The average molecular weight is 408 g/mol. The van der Waals surface area contributed by atoms with Gasteiger partial charge in [-0.3, -0.25) is 4.90 Å². The highest BCUT2D eigenvalue weighted by atomic mass is 16.5. The summed E-state index contributed by atoms with van der Waals surface area (Å²) in [4.78, 5) is 7.28. The Morgan fingerprint density at radius 1 is 1.13 bits per heavy atom. The number of ether oxygens (including phenoxy) is 3. The number of aromatic nitrogens is 2. The summed E-state index contributed by atoms with van der Waals surface area (Å²) in [5, 5.41) is 0. The molecule has 6 heteroatoms. The molecule has 0 saturated carbocycles. The second kappa shape index (κ2) is 9.78. The first kappa shape index (κ1) is 20.4. The molecule has 1 fully saturated rings. The van der Waals surface area contributed by atoms with Crippen molar-refractivity contribution in [2.24, 2.45) is 0 Å². The second-order valence-corrected chi connectivity index (χ2v) is 7.38. The van der Waals surface area contributed by atoms with Gasteiger partial charge in [0.05, 0.1) is 44.4 Å². The zero-order valence-corrected chi connectivity index (χ0v) is 17.5. The lowest BCUT2D eigenvalue weighted by molar-refractivity contribution is 0.0326. The summed E-state index contributed by atoms with van der Waals surface area (Å²) in [6, 6.07) is 14.3. The highest BCUT2D eigenvalue weighted by molar-refractivity contribution is 5.75. The third-order valence-corrected chi connectivity index (χ3v) is 5.38. The second-order valence-electron chi connectivity index (χ2n) is 7.38. The van der Waals surface area contributed by atoms with Crippen LogP contribution >= 0.6 is 0 Å². The van der Waals surface area contributed by atoms with Crippen molar-refractivity contribution in [3.63, 3.8) is 0 Å². The Morgan fingerprint density at radius 3 is 2.77 bits per heavy atom. The Bertz CT molecular complexity index is 993. The van der Waals surface area contributed by atoms with Crippen molar-refractivity contribution in [1.82, 2.24) is 14.5 Å². The molecule has 2 aromatic carbocycles. The highest BCUT2D eigenvalue weighted by Gasteiger charge is 2.17. The fourth-order valence-corrected chi connectivity index (χ4v) is 3.83. The molecular formula is C24H29N3O3. The van der Waals surface area contributed by atoms with Crippen LogP contribution in [0.1, 0.15) is 11.4 Å². The molecule has 0 bridgehead atoms. The van der Waals surface area contributed by atoms with E-state index in [2.05, 4.69) is 40.3 Å². The molecule has 0 radical (unpaired) electrons. The first-order valence-corrected chi connectivity index (χ1v) is 10.4. The topological polar surface area (TPSA) is 48.8 Å². The lowest BCUT2D eigenvalue weighted by atomic mass is 10.1. The quantitative estimate of drug-likeness (QED) is 0.507. The fourth-order valence-electron chi connectivity index (χ4n) is 3.83. The minimum absolute atomic E-state index is 0.535. The number of morpholine rings is 1. The van der Waals surface area contributed by atoms with Gasteiger partial charge in [-0.05, 0) is 36.2 Å². The maximum absolute atomic E-state index is 6.10. The van der Waals surface area contributed by atoms with Gasteiger partial charge in [0.15, 0.2) is 11.5 Å². The molecule has 4 rings (SSSR count). The van der Waals surface area contributed by atoms with E-state index >= 15 is 0 Å². The summed E-state index contributed by atoms with van der Waals surface area (Å²) < 4.78 is 19.4. The van der Waals surface area contributed by atoms with Gasteiger partial charge in [0.1, 0.15) is 12.4 Å². The van der Waals surface area contributed by atoms with Gasteiger partial charge in [-0.25, -0.2) is 4.98 Å². The Kier molecular flexibility index (Phi) is 6.67. The first-order valence-electron chi connectivity index (χ1n) is 10.4. The normalized spacial score (nSPS) is 14.7. The van der Waals surface area contributed by atoms with Gasteiger partial charge in [-0.1, -0.05) is 24.3 Å². The molecule has 1 aliphatic rings. The lowest BCUT2D eigenvalue weighted by Crippen LogP contribution is -2.36. The molecule has 0 N–H and O–H groups in total. The molecule has 0 aliphatic carbocycles. The third kappa shape index (κ3) is 4.66. The van der Waals surface area contributed by atoms with Gasteiger partial charge in [-0.15, -0.1) is 6.58 Å². The molecule has 0 spiro atoms. The highest BCUT2D eigenvalue weighted by Crippen LogP contribution is 2.28. The van der Waals surface area contributed by atoms with Crippen molar-refractivity contribution in [2.75, 3.05) is 40.0 Å². The van der Waals surface area contributed by atoms with E-state index in [-0.39, 0.29) is 0 Å². The number of fused-ring (bicyclic) bond motifs is 1. The average Bonchev–Trinajstić information content (AvgIpc) is 3.12. The predicted octanol–water partition coefficient (Wildman–Crippen LogP) is 3.68. The molecule has 158 valence electrons. The van der Waals surface area contributed by atoms with Crippen LogP contribution < -0.4 is 9.47 Å². The number of para-hydroxylation sites is 2. The molecule has 0 amide bonds. The number of nitrogens with zero attached hydrogens (tertiary/aromatic N) is 3. The lowest BCUT2D eigenvalue weighted by Gasteiger charge is -2.26. The maximum Gasteiger partial charge on any atom is 0.161 e. The zero-order valence-electron chi connectivity index (χ0n) is 17.5.